The summed E-state index contributed by atoms with van der Waals surface area (Å²) in [4.78, 5) is 22.7. The van der Waals surface area contributed by atoms with Crippen LogP contribution in [0.15, 0.2) is 12.1 Å². The number of esters is 1. The van der Waals surface area contributed by atoms with E-state index in [9.17, 15) is 14.0 Å². The number of fused-ring (bicyclic) bond motifs is 1. The second-order valence-corrected chi connectivity index (χ2v) is 3.35. The summed E-state index contributed by atoms with van der Waals surface area (Å²) < 4.78 is 23.0. The van der Waals surface area contributed by atoms with Gasteiger partial charge in [0.2, 0.25) is 0 Å². The van der Waals surface area contributed by atoms with Gasteiger partial charge in [-0.25, -0.2) is 9.18 Å². The van der Waals surface area contributed by atoms with Crippen molar-refractivity contribution in [3.05, 3.63) is 29.1 Å². The van der Waals surface area contributed by atoms with Crippen molar-refractivity contribution < 1.29 is 23.5 Å². The highest BCUT2D eigenvalue weighted by Gasteiger charge is 2.24. The first-order valence-corrected chi connectivity index (χ1v) is 4.71. The maximum atomic E-state index is 13.5. The van der Waals surface area contributed by atoms with E-state index in [-0.39, 0.29) is 35.7 Å². The molecular weight excluding hydrogens is 215 g/mol. The molecular formula is C11H9FO4. The van der Waals surface area contributed by atoms with E-state index in [1.807, 2.05) is 0 Å². The van der Waals surface area contributed by atoms with Gasteiger partial charge in [0.15, 0.2) is 17.3 Å². The van der Waals surface area contributed by atoms with Crippen LogP contribution in [0.4, 0.5) is 4.39 Å². The molecule has 0 bridgehead atoms. The Labute approximate surface area is 91.0 Å². The summed E-state index contributed by atoms with van der Waals surface area (Å²) in [5.74, 6) is -1.71. The van der Waals surface area contributed by atoms with E-state index >= 15 is 0 Å². The summed E-state index contributed by atoms with van der Waals surface area (Å²) in [6.45, 7) is 0.167. The molecule has 1 aromatic carbocycles. The van der Waals surface area contributed by atoms with Gasteiger partial charge in [-0.1, -0.05) is 0 Å². The van der Waals surface area contributed by atoms with Crippen molar-refractivity contribution in [2.75, 3.05) is 13.7 Å². The number of rotatable bonds is 1. The minimum Gasteiger partial charge on any atom is -0.489 e. The molecule has 1 aliphatic heterocycles. The largest absolute Gasteiger partial charge is 0.489 e. The van der Waals surface area contributed by atoms with Crippen molar-refractivity contribution in [1.82, 2.24) is 0 Å². The number of benzene rings is 1. The number of carbonyl (C=O) groups excluding carboxylic acids is 2. The van der Waals surface area contributed by atoms with Crippen LogP contribution < -0.4 is 4.74 Å². The average Bonchev–Trinajstić information content (AvgIpc) is 2.29. The fourth-order valence-electron chi connectivity index (χ4n) is 1.56. The molecule has 0 aromatic heterocycles. The number of carbonyl (C=O) groups is 2. The summed E-state index contributed by atoms with van der Waals surface area (Å²) in [7, 11) is 1.19. The molecule has 1 aliphatic rings. The second-order valence-electron chi connectivity index (χ2n) is 3.35. The van der Waals surface area contributed by atoms with Gasteiger partial charge < -0.3 is 9.47 Å². The van der Waals surface area contributed by atoms with Gasteiger partial charge in [0.1, 0.15) is 0 Å². The fourth-order valence-corrected chi connectivity index (χ4v) is 1.56. The van der Waals surface area contributed by atoms with Crippen LogP contribution in [0.3, 0.4) is 0 Å². The lowest BCUT2D eigenvalue weighted by Crippen LogP contribution is -2.17. The van der Waals surface area contributed by atoms with Crippen molar-refractivity contribution >= 4 is 11.8 Å². The molecule has 0 unspecified atom stereocenters. The van der Waals surface area contributed by atoms with E-state index in [2.05, 4.69) is 4.74 Å². The SMILES string of the molecule is COC(=O)c1cc(F)c2c(c1)C(=O)CCO2. The molecule has 0 fully saturated rings. The van der Waals surface area contributed by atoms with Crippen LogP contribution in [0.5, 0.6) is 5.75 Å². The average molecular weight is 224 g/mol. The molecule has 5 heteroatoms. The third-order valence-electron chi connectivity index (χ3n) is 2.34. The molecule has 0 saturated heterocycles. The number of methoxy groups -OCH3 is 1. The molecule has 0 radical (unpaired) electrons. The van der Waals surface area contributed by atoms with E-state index in [1.54, 1.807) is 0 Å². The van der Waals surface area contributed by atoms with Crippen LogP contribution in [0.25, 0.3) is 0 Å². The van der Waals surface area contributed by atoms with Crippen LogP contribution in [-0.4, -0.2) is 25.5 Å². The van der Waals surface area contributed by atoms with Gasteiger partial charge in [0, 0.05) is 6.42 Å². The standard InChI is InChI=1S/C11H9FO4/c1-15-11(14)6-4-7-9(13)2-3-16-10(7)8(12)5-6/h4-5H,2-3H2,1H3. The maximum absolute atomic E-state index is 13.5. The molecule has 16 heavy (non-hydrogen) atoms. The first-order valence-electron chi connectivity index (χ1n) is 4.71. The molecule has 0 aliphatic carbocycles. The van der Waals surface area contributed by atoms with Crippen molar-refractivity contribution in [3.63, 3.8) is 0 Å². The van der Waals surface area contributed by atoms with E-state index < -0.39 is 11.8 Å². The number of hydrogen-bond acceptors (Lipinski definition) is 4. The van der Waals surface area contributed by atoms with Crippen LogP contribution >= 0.6 is 0 Å². The van der Waals surface area contributed by atoms with Crippen LogP contribution in [0.1, 0.15) is 27.1 Å². The molecule has 2 rings (SSSR count). The van der Waals surface area contributed by atoms with E-state index in [4.69, 9.17) is 4.74 Å². The summed E-state index contributed by atoms with van der Waals surface area (Å²) in [6.07, 6.45) is 0.192. The Morgan fingerprint density at radius 1 is 1.50 bits per heavy atom. The van der Waals surface area contributed by atoms with Crippen LogP contribution in [0, 0.1) is 5.82 Å². The highest BCUT2D eigenvalue weighted by molar-refractivity contribution is 6.02. The van der Waals surface area contributed by atoms with Gasteiger partial charge in [-0.15, -0.1) is 0 Å². The Balaban J connectivity index is 2.55. The molecule has 4 nitrogen and oxygen atoms in total. The number of Topliss-reactive ketones (excluding diaryl/α,β-unsaturated/α-hetero) is 1. The summed E-state index contributed by atoms with van der Waals surface area (Å²) in [6, 6.07) is 2.30. The minimum atomic E-state index is -0.717. The Hall–Kier alpha value is -1.91. The van der Waals surface area contributed by atoms with Crippen molar-refractivity contribution in [2.24, 2.45) is 0 Å². The van der Waals surface area contributed by atoms with Gasteiger partial charge >= 0.3 is 5.97 Å². The number of halogens is 1. The minimum absolute atomic E-state index is 0.0117. The summed E-state index contributed by atoms with van der Waals surface area (Å²) in [5, 5.41) is 0. The Kier molecular flexibility index (Phi) is 2.60. The Bertz CT molecular complexity index is 467. The quantitative estimate of drug-likeness (QED) is 0.679. The zero-order valence-electron chi connectivity index (χ0n) is 8.58. The monoisotopic (exact) mass is 224 g/mol. The highest BCUT2D eigenvalue weighted by Crippen LogP contribution is 2.29. The molecule has 1 aromatic rings. The smallest absolute Gasteiger partial charge is 0.337 e. The van der Waals surface area contributed by atoms with Crippen molar-refractivity contribution in [2.45, 2.75) is 6.42 Å². The first-order chi connectivity index (χ1) is 7.63. The molecule has 1 heterocycles. The topological polar surface area (TPSA) is 52.6 Å². The van der Waals surface area contributed by atoms with Gasteiger partial charge in [-0.2, -0.15) is 0 Å². The van der Waals surface area contributed by atoms with Crippen LogP contribution in [-0.2, 0) is 4.74 Å². The first kappa shape index (κ1) is 10.6. The predicted molar refractivity (Wildman–Crippen MR) is 52.2 cm³/mol. The zero-order valence-corrected chi connectivity index (χ0v) is 8.58. The third kappa shape index (κ3) is 1.64. The van der Waals surface area contributed by atoms with E-state index in [1.165, 1.54) is 13.2 Å². The molecule has 0 N–H and O–H groups in total. The lowest BCUT2D eigenvalue weighted by molar-refractivity contribution is 0.0600. The molecule has 0 saturated carbocycles. The Morgan fingerprint density at radius 2 is 2.25 bits per heavy atom. The summed E-state index contributed by atoms with van der Waals surface area (Å²) in [5.41, 5.74) is 0.115. The van der Waals surface area contributed by atoms with Crippen molar-refractivity contribution in [3.8, 4) is 5.75 Å². The molecule has 0 amide bonds. The van der Waals surface area contributed by atoms with Gasteiger partial charge in [-0.3, -0.25) is 4.79 Å². The maximum Gasteiger partial charge on any atom is 0.337 e. The van der Waals surface area contributed by atoms with Gasteiger partial charge in [0.05, 0.1) is 24.8 Å². The van der Waals surface area contributed by atoms with Crippen molar-refractivity contribution in [1.29, 1.82) is 0 Å². The lowest BCUT2D eigenvalue weighted by Gasteiger charge is -2.17. The third-order valence-corrected chi connectivity index (χ3v) is 2.34. The van der Waals surface area contributed by atoms with E-state index in [0.717, 1.165) is 6.07 Å². The number of ketones is 1. The summed E-state index contributed by atoms with van der Waals surface area (Å²) >= 11 is 0. The van der Waals surface area contributed by atoms with Gasteiger partial charge in [0.25, 0.3) is 0 Å². The van der Waals surface area contributed by atoms with Crippen LogP contribution in [0.2, 0.25) is 0 Å². The molecule has 84 valence electrons. The molecule has 0 spiro atoms. The highest BCUT2D eigenvalue weighted by atomic mass is 19.1. The Morgan fingerprint density at radius 3 is 2.94 bits per heavy atom. The number of hydrogen-bond donors (Lipinski definition) is 0. The second kappa shape index (κ2) is 3.92. The number of ether oxygens (including phenoxy) is 2. The fraction of sp³-hybridized carbons (Fsp3) is 0.273. The van der Waals surface area contributed by atoms with Gasteiger partial charge in [-0.05, 0) is 12.1 Å². The zero-order chi connectivity index (χ0) is 11.7. The normalized spacial score (nSPS) is 14.0. The lowest BCUT2D eigenvalue weighted by atomic mass is 10.0. The van der Waals surface area contributed by atoms with E-state index in [0.29, 0.717) is 0 Å². The predicted octanol–water partition coefficient (Wildman–Crippen LogP) is 1.58. The molecule has 0 atom stereocenters.